The van der Waals surface area contributed by atoms with Crippen LogP contribution in [-0.4, -0.2) is 31.9 Å². The fourth-order valence-electron chi connectivity index (χ4n) is 4.40. The zero-order chi connectivity index (χ0) is 27.5. The molecule has 0 aromatic heterocycles. The van der Waals surface area contributed by atoms with Gasteiger partial charge in [-0.3, -0.25) is 0 Å². The van der Waals surface area contributed by atoms with E-state index in [1.54, 1.807) is 6.92 Å². The van der Waals surface area contributed by atoms with Gasteiger partial charge >= 0.3 is 5.97 Å². The van der Waals surface area contributed by atoms with E-state index in [9.17, 15) is 4.79 Å². The minimum atomic E-state index is -0.591. The normalized spacial score (nSPS) is 12.1. The van der Waals surface area contributed by atoms with Crippen molar-refractivity contribution in [3.05, 3.63) is 120 Å². The summed E-state index contributed by atoms with van der Waals surface area (Å²) in [7, 11) is 0. The first-order valence-electron chi connectivity index (χ1n) is 13.5. The minimum Gasteiger partial charge on any atom is -0.490 e. The van der Waals surface area contributed by atoms with Crippen LogP contribution in [0, 0.1) is 0 Å². The van der Waals surface area contributed by atoms with Crippen LogP contribution in [0.2, 0.25) is 0 Å². The van der Waals surface area contributed by atoms with Crippen LogP contribution in [0.5, 0.6) is 5.75 Å². The van der Waals surface area contributed by atoms with E-state index in [4.69, 9.17) is 14.2 Å². The molecule has 4 nitrogen and oxygen atoms in total. The molecule has 4 aromatic rings. The second kappa shape index (κ2) is 14.1. The van der Waals surface area contributed by atoms with E-state index in [-0.39, 0.29) is 5.97 Å². The van der Waals surface area contributed by atoms with Gasteiger partial charge in [0.2, 0.25) is 0 Å². The van der Waals surface area contributed by atoms with Crippen LogP contribution in [0.4, 0.5) is 0 Å². The number of hydrogen-bond donors (Lipinski definition) is 0. The Morgan fingerprint density at radius 3 is 2.03 bits per heavy atom. The second-order valence-electron chi connectivity index (χ2n) is 9.27. The molecule has 0 fully saturated rings. The minimum absolute atomic E-state index is 0.325. The number of carbonyl (C=O) groups is 1. The largest absolute Gasteiger partial charge is 0.490 e. The van der Waals surface area contributed by atoms with Gasteiger partial charge in [0, 0.05) is 13.0 Å². The van der Waals surface area contributed by atoms with Gasteiger partial charge < -0.3 is 14.2 Å². The Morgan fingerprint density at radius 1 is 0.744 bits per heavy atom. The number of ether oxygens (including phenoxy) is 3. The Morgan fingerprint density at radius 2 is 1.38 bits per heavy atom. The van der Waals surface area contributed by atoms with E-state index in [0.717, 1.165) is 22.4 Å². The summed E-state index contributed by atoms with van der Waals surface area (Å²) in [5.41, 5.74) is 8.14. The molecule has 0 radical (unpaired) electrons. The van der Waals surface area contributed by atoms with Crippen molar-refractivity contribution in [1.29, 1.82) is 0 Å². The number of hydrogen-bond acceptors (Lipinski definition) is 4. The van der Waals surface area contributed by atoms with Crippen LogP contribution in [-0.2, 0) is 20.7 Å². The van der Waals surface area contributed by atoms with Gasteiger partial charge in [-0.15, -0.1) is 0 Å². The molecule has 4 heteroatoms. The first-order valence-corrected chi connectivity index (χ1v) is 13.5. The molecule has 4 rings (SSSR count). The summed E-state index contributed by atoms with van der Waals surface area (Å²) < 4.78 is 16.6. The summed E-state index contributed by atoms with van der Waals surface area (Å²) in [6.45, 7) is 7.04. The van der Waals surface area contributed by atoms with Crippen molar-refractivity contribution in [3.63, 3.8) is 0 Å². The number of esters is 1. The molecule has 4 aromatic carbocycles. The molecule has 0 aliphatic rings. The Balaban J connectivity index is 1.33. The molecule has 200 valence electrons. The average Bonchev–Trinajstić information content (AvgIpc) is 2.98. The summed E-state index contributed by atoms with van der Waals surface area (Å²) in [4.78, 5) is 12.1. The van der Waals surface area contributed by atoms with E-state index in [2.05, 4.69) is 85.8 Å². The van der Waals surface area contributed by atoms with E-state index in [1.165, 1.54) is 22.3 Å². The molecule has 0 amide bonds. The zero-order valence-corrected chi connectivity index (χ0v) is 22.9. The van der Waals surface area contributed by atoms with Crippen LogP contribution in [0.25, 0.3) is 27.8 Å². The lowest BCUT2D eigenvalue weighted by Crippen LogP contribution is -2.28. The van der Waals surface area contributed by atoms with Crippen LogP contribution in [0.3, 0.4) is 0 Å². The molecular formula is C35H36O4. The monoisotopic (exact) mass is 520 g/mol. The van der Waals surface area contributed by atoms with Crippen molar-refractivity contribution in [2.75, 3.05) is 19.8 Å². The van der Waals surface area contributed by atoms with Crippen LogP contribution >= 0.6 is 0 Å². The highest BCUT2D eigenvalue weighted by molar-refractivity contribution is 5.75. The fourth-order valence-corrected chi connectivity index (χ4v) is 4.40. The van der Waals surface area contributed by atoms with Crippen LogP contribution in [0.1, 0.15) is 31.9 Å². The van der Waals surface area contributed by atoms with Crippen molar-refractivity contribution in [2.24, 2.45) is 0 Å². The van der Waals surface area contributed by atoms with Gasteiger partial charge in [0.15, 0.2) is 6.10 Å². The van der Waals surface area contributed by atoms with E-state index < -0.39 is 6.10 Å². The quantitative estimate of drug-likeness (QED) is 0.178. The molecule has 0 spiro atoms. The van der Waals surface area contributed by atoms with E-state index in [0.29, 0.717) is 26.2 Å². The summed E-state index contributed by atoms with van der Waals surface area (Å²) in [6.07, 6.45) is 1.97. The molecular weight excluding hydrogens is 484 g/mol. The molecule has 0 bridgehead atoms. The molecule has 0 aliphatic heterocycles. The summed E-state index contributed by atoms with van der Waals surface area (Å²) in [5.74, 6) is 0.453. The maximum atomic E-state index is 12.1. The highest BCUT2D eigenvalue weighted by atomic mass is 16.6. The van der Waals surface area contributed by atoms with Crippen molar-refractivity contribution < 1.29 is 19.0 Å². The molecule has 0 saturated heterocycles. The van der Waals surface area contributed by atoms with Gasteiger partial charge in [-0.05, 0) is 84.0 Å². The van der Waals surface area contributed by atoms with Crippen LogP contribution < -0.4 is 4.74 Å². The number of rotatable bonds is 12. The van der Waals surface area contributed by atoms with Gasteiger partial charge in [-0.25, -0.2) is 4.79 Å². The predicted octanol–water partition coefficient (Wildman–Crippen LogP) is 8.01. The first kappa shape index (κ1) is 27.9. The molecule has 0 saturated carbocycles. The van der Waals surface area contributed by atoms with Gasteiger partial charge in [-0.2, -0.15) is 0 Å². The average molecular weight is 521 g/mol. The van der Waals surface area contributed by atoms with Gasteiger partial charge in [-0.1, -0.05) is 84.9 Å². The van der Waals surface area contributed by atoms with Gasteiger partial charge in [0.25, 0.3) is 0 Å². The Kier molecular flexibility index (Phi) is 10.1. The van der Waals surface area contributed by atoms with Crippen LogP contribution in [0.15, 0.2) is 109 Å². The fraction of sp³-hybridized carbons (Fsp3) is 0.229. The lowest BCUT2D eigenvalue weighted by molar-refractivity contribution is -0.156. The Labute approximate surface area is 231 Å². The summed E-state index contributed by atoms with van der Waals surface area (Å²) in [6, 6.07) is 35.5. The number of carbonyl (C=O) groups excluding carboxylic acids is 1. The highest BCUT2D eigenvalue weighted by Crippen LogP contribution is 2.27. The summed E-state index contributed by atoms with van der Waals surface area (Å²) in [5, 5.41) is 0. The third-order valence-corrected chi connectivity index (χ3v) is 6.54. The molecule has 39 heavy (non-hydrogen) atoms. The molecule has 0 unspecified atom stereocenters. The number of allylic oxidation sites excluding steroid dienone is 1. The van der Waals surface area contributed by atoms with Crippen molar-refractivity contribution in [2.45, 2.75) is 33.3 Å². The highest BCUT2D eigenvalue weighted by Gasteiger charge is 2.20. The topological polar surface area (TPSA) is 44.8 Å². The lowest BCUT2D eigenvalue weighted by atomic mass is 9.97. The third-order valence-electron chi connectivity index (χ3n) is 6.54. The lowest BCUT2D eigenvalue weighted by Gasteiger charge is -2.15. The van der Waals surface area contributed by atoms with Crippen molar-refractivity contribution >= 4 is 11.5 Å². The SMILES string of the molecule is CCOC(=O)[C@H](Cc1ccc(OCC=C(C)c2ccc(-c3cccc(-c4ccccc4)c3)cc2)cc1)OCC. The van der Waals surface area contributed by atoms with Gasteiger partial charge in [0.1, 0.15) is 12.4 Å². The summed E-state index contributed by atoms with van der Waals surface area (Å²) >= 11 is 0. The first-order chi connectivity index (χ1) is 19.1. The van der Waals surface area contributed by atoms with Crippen molar-refractivity contribution in [1.82, 2.24) is 0 Å². The second-order valence-corrected chi connectivity index (χ2v) is 9.27. The van der Waals surface area contributed by atoms with Crippen molar-refractivity contribution in [3.8, 4) is 28.0 Å². The molecule has 0 heterocycles. The smallest absolute Gasteiger partial charge is 0.335 e. The maximum absolute atomic E-state index is 12.1. The number of benzene rings is 4. The maximum Gasteiger partial charge on any atom is 0.335 e. The van der Waals surface area contributed by atoms with Gasteiger partial charge in [0.05, 0.1) is 6.61 Å². The van der Waals surface area contributed by atoms with E-state index in [1.807, 2.05) is 37.3 Å². The standard InChI is InChI=1S/C35H36O4/c1-4-37-34(35(36)38-5-2)24-27-14-20-33(21-15-27)39-23-22-26(3)28-16-18-30(19-17-28)32-13-9-12-31(25-32)29-10-7-6-8-11-29/h6-22,25,34H,4-5,23-24H2,1-3H3/t34-/m0/s1. The zero-order valence-electron chi connectivity index (χ0n) is 22.9. The molecule has 0 aliphatic carbocycles. The third kappa shape index (κ3) is 7.92. The van der Waals surface area contributed by atoms with E-state index >= 15 is 0 Å². The Bertz CT molecular complexity index is 1360. The molecule has 0 N–H and O–H groups in total. The predicted molar refractivity (Wildman–Crippen MR) is 159 cm³/mol. The molecule has 1 atom stereocenters. The Hall–Kier alpha value is -4.15.